The van der Waals surface area contributed by atoms with Gasteiger partial charge in [0.05, 0.1) is 0 Å². The average molecular weight is 173 g/mol. The summed E-state index contributed by atoms with van der Waals surface area (Å²) in [6, 6.07) is -2.16. The minimum Gasteiger partial charge on any atom is -0.313 e. The van der Waals surface area contributed by atoms with Gasteiger partial charge in [-0.2, -0.15) is 17.6 Å². The van der Waals surface area contributed by atoms with E-state index in [1.165, 1.54) is 0 Å². The Morgan fingerprint density at radius 3 is 2.09 bits per heavy atom. The lowest BCUT2D eigenvalue weighted by Gasteiger charge is -2.14. The van der Waals surface area contributed by atoms with Crippen molar-refractivity contribution < 1.29 is 26.9 Å². The van der Waals surface area contributed by atoms with Gasteiger partial charge in [-0.05, 0) is 5.29 Å². The molecular weight excluding hydrogens is 173 g/mol. The summed E-state index contributed by atoms with van der Waals surface area (Å²) in [6.07, 6.45) is 0. The summed E-state index contributed by atoms with van der Waals surface area (Å²) in [5.41, 5.74) is 0. The van der Waals surface area contributed by atoms with Crippen molar-refractivity contribution in [1.29, 1.82) is 0 Å². The molecule has 62 valence electrons. The molecule has 1 rings (SSSR count). The third kappa shape index (κ3) is 1.13. The van der Waals surface area contributed by atoms with E-state index in [2.05, 4.69) is 4.84 Å². The molecule has 0 radical (unpaired) electrons. The zero-order valence-corrected chi connectivity index (χ0v) is 4.75. The second-order valence-corrected chi connectivity index (χ2v) is 1.53. The lowest BCUT2D eigenvalue weighted by atomic mass is 10.5. The number of rotatable bonds is 0. The van der Waals surface area contributed by atoms with E-state index in [0.29, 0.717) is 0 Å². The van der Waals surface area contributed by atoms with Gasteiger partial charge in [0.2, 0.25) is 11.7 Å². The lowest BCUT2D eigenvalue weighted by molar-refractivity contribution is -0.260. The number of nitrogens with zero attached hydrogens (tertiary/aromatic N) is 1. The first-order chi connectivity index (χ1) is 5.04. The highest BCUT2D eigenvalue weighted by molar-refractivity contribution is 5.22. The fraction of sp³-hybridized carbons (Fsp3) is 0. The van der Waals surface area contributed by atoms with Crippen molar-refractivity contribution in [3.05, 3.63) is 23.6 Å². The summed E-state index contributed by atoms with van der Waals surface area (Å²) < 4.78 is 59.3. The Balaban J connectivity index is 3.07. The molecule has 0 saturated heterocycles. The van der Waals surface area contributed by atoms with E-state index in [1.807, 2.05) is 0 Å². The van der Waals surface area contributed by atoms with E-state index in [-0.39, 0.29) is 0 Å². The molecule has 0 amide bonds. The normalized spacial score (nSPS) is 19.2. The van der Waals surface area contributed by atoms with Crippen LogP contribution >= 0.6 is 0 Å². The molecule has 7 heteroatoms. The topological polar surface area (TPSA) is 12.5 Å². The molecule has 0 N–H and O–H groups in total. The summed E-state index contributed by atoms with van der Waals surface area (Å²) in [5.74, 6) is -6.73. The minimum absolute atomic E-state index is 1.35. The van der Waals surface area contributed by atoms with Crippen LogP contribution < -0.4 is 0 Å². The van der Waals surface area contributed by atoms with Crippen LogP contribution in [0.4, 0.5) is 22.0 Å². The third-order valence-corrected chi connectivity index (χ3v) is 0.861. The van der Waals surface area contributed by atoms with Crippen molar-refractivity contribution in [2.24, 2.45) is 0 Å². The van der Waals surface area contributed by atoms with Crippen molar-refractivity contribution in [3.63, 3.8) is 0 Å². The monoisotopic (exact) mass is 173 g/mol. The van der Waals surface area contributed by atoms with Crippen molar-refractivity contribution in [1.82, 2.24) is 5.29 Å². The molecule has 1 aliphatic rings. The van der Waals surface area contributed by atoms with Gasteiger partial charge >= 0.3 is 6.01 Å². The van der Waals surface area contributed by atoms with Crippen LogP contribution in [0.1, 0.15) is 0 Å². The van der Waals surface area contributed by atoms with E-state index in [0.717, 1.165) is 0 Å². The molecule has 0 aromatic carbocycles. The van der Waals surface area contributed by atoms with Gasteiger partial charge in [-0.1, -0.05) is 4.48 Å². The zero-order chi connectivity index (χ0) is 8.59. The molecule has 0 atom stereocenters. The van der Waals surface area contributed by atoms with Crippen molar-refractivity contribution >= 4 is 0 Å². The SMILES string of the molecule is FC1=C(F)C(F)=C(F)N(F)O1. The molecule has 11 heavy (non-hydrogen) atoms. The Bertz CT molecular complexity index is 247. The molecule has 0 saturated carbocycles. The van der Waals surface area contributed by atoms with E-state index >= 15 is 0 Å². The summed E-state index contributed by atoms with van der Waals surface area (Å²) in [5, 5.41) is -1.35. The average Bonchev–Trinajstić information content (AvgIpc) is 1.97. The third-order valence-electron chi connectivity index (χ3n) is 0.861. The van der Waals surface area contributed by atoms with Crippen LogP contribution in [0.2, 0.25) is 0 Å². The largest absolute Gasteiger partial charge is 0.343 e. The maximum atomic E-state index is 11.9. The minimum atomic E-state index is -2.27. The van der Waals surface area contributed by atoms with Gasteiger partial charge in [-0.15, -0.1) is 0 Å². The maximum absolute atomic E-state index is 11.9. The molecule has 2 nitrogen and oxygen atoms in total. The molecule has 1 aliphatic heterocycles. The molecule has 0 aromatic heterocycles. The Labute approximate surface area is 57.0 Å². The smallest absolute Gasteiger partial charge is 0.313 e. The van der Waals surface area contributed by atoms with Gasteiger partial charge in [0.15, 0.2) is 0 Å². The van der Waals surface area contributed by atoms with Crippen LogP contribution in [0.5, 0.6) is 0 Å². The number of allylic oxidation sites excluding steroid dienone is 2. The predicted molar refractivity (Wildman–Crippen MR) is 22.5 cm³/mol. The van der Waals surface area contributed by atoms with Crippen molar-refractivity contribution in [3.8, 4) is 0 Å². The number of hydrogen-bond donors (Lipinski definition) is 0. The van der Waals surface area contributed by atoms with Gasteiger partial charge in [0, 0.05) is 0 Å². The predicted octanol–water partition coefficient (Wildman–Crippen LogP) is 2.33. The highest BCUT2D eigenvalue weighted by Crippen LogP contribution is 2.31. The van der Waals surface area contributed by atoms with Crippen LogP contribution in [0.3, 0.4) is 0 Å². The van der Waals surface area contributed by atoms with E-state index in [4.69, 9.17) is 0 Å². The number of hydroxylamine groups is 1. The molecule has 1 heterocycles. The molecule has 0 bridgehead atoms. The Hall–Kier alpha value is -1.27. The zero-order valence-electron chi connectivity index (χ0n) is 4.75. The van der Waals surface area contributed by atoms with Gasteiger partial charge < -0.3 is 4.84 Å². The second kappa shape index (κ2) is 2.40. The van der Waals surface area contributed by atoms with E-state index in [1.54, 1.807) is 0 Å². The fourth-order valence-electron chi connectivity index (χ4n) is 0.405. The van der Waals surface area contributed by atoms with E-state index < -0.39 is 28.9 Å². The van der Waals surface area contributed by atoms with Crippen LogP contribution in [0.15, 0.2) is 23.6 Å². The Kier molecular flexibility index (Phi) is 1.71. The fourth-order valence-corrected chi connectivity index (χ4v) is 0.405. The molecule has 0 aromatic rings. The molecule has 0 aliphatic carbocycles. The van der Waals surface area contributed by atoms with Crippen LogP contribution in [0.25, 0.3) is 0 Å². The highest BCUT2D eigenvalue weighted by atomic mass is 19.2. The first-order valence-corrected chi connectivity index (χ1v) is 2.29. The number of hydrogen-bond acceptors (Lipinski definition) is 2. The van der Waals surface area contributed by atoms with Gasteiger partial charge in [-0.3, -0.25) is 0 Å². The summed E-state index contributed by atoms with van der Waals surface area (Å²) in [6.45, 7) is 0. The van der Waals surface area contributed by atoms with Crippen LogP contribution in [-0.2, 0) is 4.84 Å². The molecule has 0 unspecified atom stereocenters. The molecule has 0 spiro atoms. The molecular formula is C4F5NO. The highest BCUT2D eigenvalue weighted by Gasteiger charge is 2.31. The van der Waals surface area contributed by atoms with Crippen LogP contribution in [-0.4, -0.2) is 5.29 Å². The Morgan fingerprint density at radius 1 is 1.00 bits per heavy atom. The second-order valence-electron chi connectivity index (χ2n) is 1.53. The number of halogens is 5. The van der Waals surface area contributed by atoms with E-state index in [9.17, 15) is 22.0 Å². The summed E-state index contributed by atoms with van der Waals surface area (Å²) in [4.78, 5) is 3.11. The Morgan fingerprint density at radius 2 is 1.55 bits per heavy atom. The maximum Gasteiger partial charge on any atom is 0.343 e. The first-order valence-electron chi connectivity index (χ1n) is 2.29. The lowest BCUT2D eigenvalue weighted by Crippen LogP contribution is -2.16. The summed E-state index contributed by atoms with van der Waals surface area (Å²) in [7, 11) is 0. The van der Waals surface area contributed by atoms with Gasteiger partial charge in [-0.25, -0.2) is 0 Å². The quantitative estimate of drug-likeness (QED) is 0.316. The molecule has 0 fully saturated rings. The van der Waals surface area contributed by atoms with Crippen LogP contribution in [0, 0.1) is 0 Å². The van der Waals surface area contributed by atoms with Gasteiger partial charge in [0.25, 0.3) is 5.95 Å². The summed E-state index contributed by atoms with van der Waals surface area (Å²) >= 11 is 0. The van der Waals surface area contributed by atoms with Crippen molar-refractivity contribution in [2.75, 3.05) is 0 Å². The van der Waals surface area contributed by atoms with Gasteiger partial charge in [0.1, 0.15) is 0 Å². The first kappa shape index (κ1) is 7.83. The van der Waals surface area contributed by atoms with Crippen molar-refractivity contribution in [2.45, 2.75) is 0 Å². The standard InChI is InChI=1S/C4F5NO/c5-1-2(6)4(8)11-10(9)3(1)7.